The van der Waals surface area contributed by atoms with Crippen molar-refractivity contribution in [1.82, 2.24) is 4.90 Å². The molecule has 4 nitrogen and oxygen atoms in total. The first-order valence-corrected chi connectivity index (χ1v) is 7.67. The van der Waals surface area contributed by atoms with Crippen LogP contribution < -0.4 is 5.73 Å². The van der Waals surface area contributed by atoms with Gasteiger partial charge in [-0.15, -0.1) is 0 Å². The Hall–Kier alpha value is -0.160. The lowest BCUT2D eigenvalue weighted by Crippen LogP contribution is -2.65. The van der Waals surface area contributed by atoms with Crippen molar-refractivity contribution >= 4 is 0 Å². The second-order valence-electron chi connectivity index (χ2n) is 6.67. The molecule has 2 unspecified atom stereocenters. The van der Waals surface area contributed by atoms with E-state index < -0.39 is 0 Å². The Morgan fingerprint density at radius 2 is 1.89 bits per heavy atom. The molecule has 4 atom stereocenters. The molecule has 0 saturated carbocycles. The number of morpholine rings is 1. The highest BCUT2D eigenvalue weighted by Gasteiger charge is 2.46. The molecule has 0 bridgehead atoms. The van der Waals surface area contributed by atoms with E-state index in [0.29, 0.717) is 18.8 Å². The zero-order valence-electron chi connectivity index (χ0n) is 12.9. The molecule has 19 heavy (non-hydrogen) atoms. The first kappa shape index (κ1) is 15.2. The molecule has 2 saturated heterocycles. The van der Waals surface area contributed by atoms with Crippen molar-refractivity contribution < 1.29 is 9.47 Å². The van der Waals surface area contributed by atoms with Crippen LogP contribution in [-0.2, 0) is 9.47 Å². The number of nitrogens with zero attached hydrogens (tertiary/aromatic N) is 1. The summed E-state index contributed by atoms with van der Waals surface area (Å²) < 4.78 is 11.9. The predicted molar refractivity (Wildman–Crippen MR) is 77.2 cm³/mol. The van der Waals surface area contributed by atoms with Gasteiger partial charge in [-0.25, -0.2) is 0 Å². The third kappa shape index (κ3) is 3.13. The molecule has 0 amide bonds. The highest BCUT2D eigenvalue weighted by atomic mass is 16.5. The van der Waals surface area contributed by atoms with E-state index in [1.807, 2.05) is 0 Å². The van der Waals surface area contributed by atoms with Gasteiger partial charge in [0.1, 0.15) is 0 Å². The topological polar surface area (TPSA) is 47.7 Å². The van der Waals surface area contributed by atoms with E-state index in [4.69, 9.17) is 15.2 Å². The SMILES string of the molecule is CCC1(C)CC(CN)(N2C[C@@H](C)O[C@@H](C)C2)CCO1. The van der Waals surface area contributed by atoms with E-state index in [0.717, 1.165) is 39.0 Å². The summed E-state index contributed by atoms with van der Waals surface area (Å²) in [5, 5.41) is 0. The van der Waals surface area contributed by atoms with Crippen LogP contribution in [0.15, 0.2) is 0 Å². The fourth-order valence-electron chi connectivity index (χ4n) is 3.69. The Morgan fingerprint density at radius 1 is 1.26 bits per heavy atom. The van der Waals surface area contributed by atoms with E-state index in [1.54, 1.807) is 0 Å². The van der Waals surface area contributed by atoms with Gasteiger partial charge in [-0.05, 0) is 40.0 Å². The maximum Gasteiger partial charge on any atom is 0.0678 e. The van der Waals surface area contributed by atoms with Gasteiger partial charge in [0.05, 0.1) is 17.8 Å². The fraction of sp³-hybridized carbons (Fsp3) is 1.00. The molecule has 0 radical (unpaired) electrons. The minimum Gasteiger partial charge on any atom is -0.375 e. The predicted octanol–water partition coefficient (Wildman–Crippen LogP) is 1.77. The van der Waals surface area contributed by atoms with E-state index in [9.17, 15) is 0 Å². The van der Waals surface area contributed by atoms with Crippen LogP contribution in [0, 0.1) is 0 Å². The zero-order chi connectivity index (χ0) is 14.1. The van der Waals surface area contributed by atoms with Crippen molar-refractivity contribution in [2.75, 3.05) is 26.2 Å². The summed E-state index contributed by atoms with van der Waals surface area (Å²) >= 11 is 0. The Bertz CT molecular complexity index is 303. The van der Waals surface area contributed by atoms with Crippen molar-refractivity contribution in [3.63, 3.8) is 0 Å². The van der Waals surface area contributed by atoms with Crippen LogP contribution >= 0.6 is 0 Å². The maximum absolute atomic E-state index is 6.20. The summed E-state index contributed by atoms with van der Waals surface area (Å²) in [4.78, 5) is 2.57. The van der Waals surface area contributed by atoms with Gasteiger partial charge in [0.2, 0.25) is 0 Å². The Balaban J connectivity index is 2.17. The van der Waals surface area contributed by atoms with Crippen LogP contribution in [0.4, 0.5) is 0 Å². The van der Waals surface area contributed by atoms with Crippen LogP contribution in [0.3, 0.4) is 0 Å². The lowest BCUT2D eigenvalue weighted by Gasteiger charge is -2.54. The molecule has 2 N–H and O–H groups in total. The minimum atomic E-state index is -0.0254. The molecular formula is C15H30N2O2. The second-order valence-corrected chi connectivity index (χ2v) is 6.67. The number of hydrogen-bond acceptors (Lipinski definition) is 4. The standard InChI is InChI=1S/C15H30N2O2/c1-5-14(4)10-15(11-16,6-7-18-14)17-8-12(2)19-13(3)9-17/h12-13H,5-11,16H2,1-4H3/t12-,13+,14?,15?. The summed E-state index contributed by atoms with van der Waals surface area (Å²) in [5.41, 5.74) is 6.26. The molecule has 2 aliphatic heterocycles. The molecule has 112 valence electrons. The molecule has 0 spiro atoms. The number of nitrogens with two attached hydrogens (primary N) is 1. The third-order valence-electron chi connectivity index (χ3n) is 4.94. The van der Waals surface area contributed by atoms with Crippen molar-refractivity contribution in [3.05, 3.63) is 0 Å². The van der Waals surface area contributed by atoms with Gasteiger partial charge in [-0.1, -0.05) is 6.92 Å². The zero-order valence-corrected chi connectivity index (χ0v) is 12.9. The molecule has 2 aliphatic rings. The molecule has 0 aromatic heterocycles. The monoisotopic (exact) mass is 270 g/mol. The lowest BCUT2D eigenvalue weighted by molar-refractivity contribution is -0.162. The van der Waals surface area contributed by atoms with Crippen molar-refractivity contribution in [1.29, 1.82) is 0 Å². The smallest absolute Gasteiger partial charge is 0.0678 e. The van der Waals surface area contributed by atoms with Crippen molar-refractivity contribution in [3.8, 4) is 0 Å². The maximum atomic E-state index is 6.20. The minimum absolute atomic E-state index is 0.0254. The Morgan fingerprint density at radius 3 is 2.42 bits per heavy atom. The quantitative estimate of drug-likeness (QED) is 0.849. The molecule has 4 heteroatoms. The summed E-state index contributed by atoms with van der Waals surface area (Å²) in [6.07, 6.45) is 3.71. The van der Waals surface area contributed by atoms with Gasteiger partial charge in [0.15, 0.2) is 0 Å². The number of rotatable bonds is 3. The van der Waals surface area contributed by atoms with E-state index >= 15 is 0 Å². The molecule has 2 rings (SSSR count). The van der Waals surface area contributed by atoms with Crippen LogP contribution in [0.2, 0.25) is 0 Å². The van der Waals surface area contributed by atoms with Crippen LogP contribution in [0.25, 0.3) is 0 Å². The van der Waals surface area contributed by atoms with Gasteiger partial charge in [-0.2, -0.15) is 0 Å². The summed E-state index contributed by atoms with van der Waals surface area (Å²) in [6, 6.07) is 0. The average Bonchev–Trinajstić information content (AvgIpc) is 2.37. The molecule has 2 fully saturated rings. The molecule has 0 aliphatic carbocycles. The Kier molecular flexibility index (Phi) is 4.56. The lowest BCUT2D eigenvalue weighted by atomic mass is 9.77. The first-order chi connectivity index (χ1) is 8.93. The molecule has 0 aromatic carbocycles. The molecule has 0 aromatic rings. The van der Waals surface area contributed by atoms with E-state index in [1.165, 1.54) is 0 Å². The Labute approximate surface area is 117 Å². The molecule has 2 heterocycles. The highest BCUT2D eigenvalue weighted by molar-refractivity contribution is 5.02. The van der Waals surface area contributed by atoms with Crippen LogP contribution in [0.1, 0.15) is 47.0 Å². The largest absolute Gasteiger partial charge is 0.375 e. The van der Waals surface area contributed by atoms with Crippen LogP contribution in [0.5, 0.6) is 0 Å². The van der Waals surface area contributed by atoms with E-state index in [-0.39, 0.29) is 11.1 Å². The normalized spacial score (nSPS) is 45.3. The first-order valence-electron chi connectivity index (χ1n) is 7.67. The van der Waals surface area contributed by atoms with Gasteiger partial charge in [-0.3, -0.25) is 4.90 Å². The number of ether oxygens (including phenoxy) is 2. The van der Waals surface area contributed by atoms with Gasteiger partial charge >= 0.3 is 0 Å². The highest BCUT2D eigenvalue weighted by Crippen LogP contribution is 2.39. The molecular weight excluding hydrogens is 240 g/mol. The van der Waals surface area contributed by atoms with Gasteiger partial charge < -0.3 is 15.2 Å². The second kappa shape index (κ2) is 5.68. The van der Waals surface area contributed by atoms with Gasteiger partial charge in [0, 0.05) is 31.8 Å². The summed E-state index contributed by atoms with van der Waals surface area (Å²) in [5.74, 6) is 0. The summed E-state index contributed by atoms with van der Waals surface area (Å²) in [6.45, 7) is 12.3. The van der Waals surface area contributed by atoms with Gasteiger partial charge in [0.25, 0.3) is 0 Å². The summed E-state index contributed by atoms with van der Waals surface area (Å²) in [7, 11) is 0. The van der Waals surface area contributed by atoms with Crippen LogP contribution in [-0.4, -0.2) is 54.5 Å². The van der Waals surface area contributed by atoms with Crippen molar-refractivity contribution in [2.24, 2.45) is 5.73 Å². The van der Waals surface area contributed by atoms with Crippen molar-refractivity contribution in [2.45, 2.75) is 70.3 Å². The third-order valence-corrected chi connectivity index (χ3v) is 4.94. The fourth-order valence-corrected chi connectivity index (χ4v) is 3.69. The number of hydrogen-bond donors (Lipinski definition) is 1. The average molecular weight is 270 g/mol. The van der Waals surface area contributed by atoms with E-state index in [2.05, 4.69) is 32.6 Å².